The van der Waals surface area contributed by atoms with Crippen LogP contribution in [-0.4, -0.2) is 38.0 Å². The van der Waals surface area contributed by atoms with Crippen molar-refractivity contribution in [3.05, 3.63) is 35.4 Å². The van der Waals surface area contributed by atoms with Crippen molar-refractivity contribution in [2.24, 2.45) is 5.73 Å². The second-order valence-electron chi connectivity index (χ2n) is 6.20. The summed E-state index contributed by atoms with van der Waals surface area (Å²) in [6.45, 7) is 5.06. The summed E-state index contributed by atoms with van der Waals surface area (Å²) in [4.78, 5) is 6.93. The van der Waals surface area contributed by atoms with E-state index in [1.807, 2.05) is 25.1 Å². The highest BCUT2D eigenvalue weighted by Gasteiger charge is 2.25. The van der Waals surface area contributed by atoms with Crippen molar-refractivity contribution in [1.29, 1.82) is 0 Å². The Kier molecular flexibility index (Phi) is 4.29. The fraction of sp³-hybridized carbons (Fsp3) is 0.471. The monoisotopic (exact) mass is 333 g/mol. The molecule has 1 saturated heterocycles. The minimum Gasteiger partial charge on any atom is -0.354 e. The Morgan fingerprint density at radius 3 is 2.65 bits per heavy atom. The molecule has 23 heavy (non-hydrogen) atoms. The van der Waals surface area contributed by atoms with Gasteiger partial charge in [-0.05, 0) is 25.0 Å². The number of aromatic nitrogens is 1. The first-order valence-corrected chi connectivity index (χ1v) is 9.84. The van der Waals surface area contributed by atoms with Gasteiger partial charge in [0, 0.05) is 30.1 Å². The Hall–Kier alpha value is -1.66. The number of anilines is 1. The summed E-state index contributed by atoms with van der Waals surface area (Å²) in [5.74, 6) is 1.21. The molecular formula is C17H23N3O2S. The molecule has 1 aromatic carbocycles. The SMILES string of the molecule is CCC(N)c1cc2cccc(C)c2nc1N1CCS(=O)(=O)CC1. The molecule has 5 nitrogen and oxygen atoms in total. The van der Waals surface area contributed by atoms with Crippen LogP contribution in [0.1, 0.15) is 30.5 Å². The number of hydrogen-bond acceptors (Lipinski definition) is 5. The molecule has 0 aliphatic carbocycles. The number of para-hydroxylation sites is 1. The molecule has 1 aliphatic rings. The van der Waals surface area contributed by atoms with Gasteiger partial charge in [-0.1, -0.05) is 25.1 Å². The number of hydrogen-bond donors (Lipinski definition) is 1. The highest BCUT2D eigenvalue weighted by Crippen LogP contribution is 2.31. The lowest BCUT2D eigenvalue weighted by atomic mass is 10.0. The smallest absolute Gasteiger partial charge is 0.153 e. The van der Waals surface area contributed by atoms with Gasteiger partial charge in [-0.2, -0.15) is 0 Å². The topological polar surface area (TPSA) is 76.3 Å². The summed E-state index contributed by atoms with van der Waals surface area (Å²) >= 11 is 0. The van der Waals surface area contributed by atoms with E-state index in [9.17, 15) is 8.42 Å². The van der Waals surface area contributed by atoms with E-state index in [0.717, 1.165) is 34.3 Å². The zero-order chi connectivity index (χ0) is 16.6. The standard InChI is InChI=1S/C17H23N3O2S/c1-3-15(18)14-11-13-6-4-5-12(2)16(13)19-17(14)20-7-9-23(21,22)10-8-20/h4-6,11,15H,3,7-10,18H2,1-2H3. The van der Waals surface area contributed by atoms with Gasteiger partial charge in [0.25, 0.3) is 0 Å². The van der Waals surface area contributed by atoms with Crippen molar-refractivity contribution in [2.45, 2.75) is 26.3 Å². The van der Waals surface area contributed by atoms with Gasteiger partial charge in [-0.3, -0.25) is 0 Å². The predicted octanol–water partition coefficient (Wildman–Crippen LogP) is 2.19. The minimum absolute atomic E-state index is 0.0963. The van der Waals surface area contributed by atoms with Crippen molar-refractivity contribution in [3.63, 3.8) is 0 Å². The molecular weight excluding hydrogens is 310 g/mol. The first-order chi connectivity index (χ1) is 10.9. The highest BCUT2D eigenvalue weighted by molar-refractivity contribution is 7.91. The third-order valence-electron chi connectivity index (χ3n) is 4.54. The number of nitrogens with two attached hydrogens (primary N) is 1. The Labute approximate surface area is 137 Å². The Morgan fingerprint density at radius 1 is 1.30 bits per heavy atom. The maximum atomic E-state index is 11.7. The van der Waals surface area contributed by atoms with E-state index in [1.54, 1.807) is 0 Å². The van der Waals surface area contributed by atoms with E-state index in [2.05, 4.69) is 17.9 Å². The molecule has 3 rings (SSSR count). The molecule has 6 heteroatoms. The van der Waals surface area contributed by atoms with Crippen LogP contribution in [0.3, 0.4) is 0 Å². The lowest BCUT2D eigenvalue weighted by Crippen LogP contribution is -2.41. The van der Waals surface area contributed by atoms with Gasteiger partial charge in [0.05, 0.1) is 17.0 Å². The van der Waals surface area contributed by atoms with Crippen LogP contribution in [0, 0.1) is 6.92 Å². The quantitative estimate of drug-likeness (QED) is 0.932. The summed E-state index contributed by atoms with van der Waals surface area (Å²) in [6.07, 6.45) is 0.818. The summed E-state index contributed by atoms with van der Waals surface area (Å²) < 4.78 is 23.4. The van der Waals surface area contributed by atoms with Gasteiger partial charge in [-0.15, -0.1) is 0 Å². The van der Waals surface area contributed by atoms with Crippen molar-refractivity contribution in [1.82, 2.24) is 4.98 Å². The zero-order valence-corrected chi connectivity index (χ0v) is 14.4. The van der Waals surface area contributed by atoms with Gasteiger partial charge in [0.2, 0.25) is 0 Å². The number of rotatable bonds is 3. The van der Waals surface area contributed by atoms with Crippen molar-refractivity contribution in [2.75, 3.05) is 29.5 Å². The van der Waals surface area contributed by atoms with Crippen LogP contribution in [0.5, 0.6) is 0 Å². The number of aryl methyl sites for hydroxylation is 1. The molecule has 2 heterocycles. The summed E-state index contributed by atoms with van der Waals surface area (Å²) in [5, 5.41) is 1.08. The van der Waals surface area contributed by atoms with Gasteiger partial charge in [0.1, 0.15) is 5.82 Å². The fourth-order valence-electron chi connectivity index (χ4n) is 3.02. The molecule has 0 saturated carbocycles. The molecule has 0 radical (unpaired) electrons. The number of fused-ring (bicyclic) bond motifs is 1. The van der Waals surface area contributed by atoms with Crippen LogP contribution in [0.15, 0.2) is 24.3 Å². The van der Waals surface area contributed by atoms with Gasteiger partial charge >= 0.3 is 0 Å². The Balaban J connectivity index is 2.11. The second kappa shape index (κ2) is 6.09. The molecule has 1 fully saturated rings. The maximum absolute atomic E-state index is 11.7. The lowest BCUT2D eigenvalue weighted by molar-refractivity contribution is 0.585. The average molecular weight is 333 g/mol. The van der Waals surface area contributed by atoms with Gasteiger partial charge in [-0.25, -0.2) is 13.4 Å². The van der Waals surface area contributed by atoms with Crippen molar-refractivity contribution >= 4 is 26.6 Å². The van der Waals surface area contributed by atoms with E-state index in [-0.39, 0.29) is 17.5 Å². The molecule has 0 amide bonds. The maximum Gasteiger partial charge on any atom is 0.153 e. The average Bonchev–Trinajstić information content (AvgIpc) is 2.53. The number of pyridine rings is 1. The third-order valence-corrected chi connectivity index (χ3v) is 6.15. The molecule has 1 atom stereocenters. The van der Waals surface area contributed by atoms with Crippen LogP contribution in [0.2, 0.25) is 0 Å². The molecule has 1 aliphatic heterocycles. The van der Waals surface area contributed by atoms with Crippen LogP contribution < -0.4 is 10.6 Å². The molecule has 2 N–H and O–H groups in total. The Morgan fingerprint density at radius 2 is 2.00 bits per heavy atom. The fourth-order valence-corrected chi connectivity index (χ4v) is 4.22. The lowest BCUT2D eigenvalue weighted by Gasteiger charge is -2.31. The first kappa shape index (κ1) is 16.2. The van der Waals surface area contributed by atoms with E-state index >= 15 is 0 Å². The molecule has 124 valence electrons. The zero-order valence-electron chi connectivity index (χ0n) is 13.6. The Bertz CT molecular complexity index is 819. The summed E-state index contributed by atoms with van der Waals surface area (Å²) in [5.41, 5.74) is 9.38. The first-order valence-electron chi connectivity index (χ1n) is 8.02. The van der Waals surface area contributed by atoms with Gasteiger partial charge in [0.15, 0.2) is 9.84 Å². The van der Waals surface area contributed by atoms with E-state index in [0.29, 0.717) is 13.1 Å². The molecule has 0 bridgehead atoms. The summed E-state index contributed by atoms with van der Waals surface area (Å²) in [7, 11) is -2.91. The predicted molar refractivity (Wildman–Crippen MR) is 94.6 cm³/mol. The third kappa shape index (κ3) is 3.19. The van der Waals surface area contributed by atoms with Crippen LogP contribution >= 0.6 is 0 Å². The number of nitrogens with zero attached hydrogens (tertiary/aromatic N) is 2. The highest BCUT2D eigenvalue weighted by atomic mass is 32.2. The van der Waals surface area contributed by atoms with Crippen LogP contribution in [0.25, 0.3) is 10.9 Å². The minimum atomic E-state index is -2.91. The molecule has 1 aromatic heterocycles. The van der Waals surface area contributed by atoms with Crippen molar-refractivity contribution in [3.8, 4) is 0 Å². The van der Waals surface area contributed by atoms with Crippen molar-refractivity contribution < 1.29 is 8.42 Å². The molecule has 0 spiro atoms. The number of sulfone groups is 1. The van der Waals surface area contributed by atoms with E-state index < -0.39 is 9.84 Å². The van der Waals surface area contributed by atoms with Crippen LogP contribution in [-0.2, 0) is 9.84 Å². The largest absolute Gasteiger partial charge is 0.354 e. The second-order valence-corrected chi connectivity index (χ2v) is 8.51. The molecule has 1 unspecified atom stereocenters. The van der Waals surface area contributed by atoms with E-state index in [1.165, 1.54) is 0 Å². The summed E-state index contributed by atoms with van der Waals surface area (Å²) in [6, 6.07) is 8.13. The molecule has 2 aromatic rings. The van der Waals surface area contributed by atoms with E-state index in [4.69, 9.17) is 10.7 Å². The normalized spacial score (nSPS) is 19.0. The van der Waals surface area contributed by atoms with Gasteiger partial charge < -0.3 is 10.6 Å². The van der Waals surface area contributed by atoms with Crippen LogP contribution in [0.4, 0.5) is 5.82 Å². The number of benzene rings is 1.